The van der Waals surface area contributed by atoms with E-state index in [0.717, 1.165) is 9.54 Å². The molecule has 1 aliphatic carbocycles. The van der Waals surface area contributed by atoms with Gasteiger partial charge in [-0.3, -0.25) is 4.79 Å². The molecule has 30 heavy (non-hydrogen) atoms. The van der Waals surface area contributed by atoms with Gasteiger partial charge in [-0.2, -0.15) is 0 Å². The third-order valence-electron chi connectivity index (χ3n) is 4.69. The molecule has 1 aromatic heterocycles. The van der Waals surface area contributed by atoms with Crippen LogP contribution in [0.1, 0.15) is 33.7 Å². The summed E-state index contributed by atoms with van der Waals surface area (Å²) >= 11 is 5.74. The predicted molar refractivity (Wildman–Crippen MR) is 117 cm³/mol. The Labute approximate surface area is 179 Å². The monoisotopic (exact) mass is 439 g/mol. The Morgan fingerprint density at radius 1 is 1.03 bits per heavy atom. The molecule has 1 aliphatic rings. The van der Waals surface area contributed by atoms with Crippen molar-refractivity contribution >= 4 is 39.0 Å². The van der Waals surface area contributed by atoms with Crippen LogP contribution in [0.2, 0.25) is 0 Å². The molecular weight excluding hydrogens is 422 g/mol. The first-order valence-electron chi connectivity index (χ1n) is 9.27. The number of nitrogens with zero attached hydrogens (tertiary/aromatic N) is 1. The minimum atomic E-state index is -4.01. The number of rotatable bonds is 6. The molecule has 4 rings (SSSR count). The Hall–Kier alpha value is -3.09. The summed E-state index contributed by atoms with van der Waals surface area (Å²) in [6.45, 7) is 0.389. The second-order valence-corrected chi connectivity index (χ2v) is 8.85. The summed E-state index contributed by atoms with van der Waals surface area (Å²) < 4.78 is 33.4. The lowest BCUT2D eigenvalue weighted by Crippen LogP contribution is -2.18. The Bertz CT molecular complexity index is 1240. The number of ether oxygens (including phenoxy) is 1. The summed E-state index contributed by atoms with van der Waals surface area (Å²) in [5.74, 6) is 0.664. The molecule has 0 fully saturated rings. The van der Waals surface area contributed by atoms with E-state index in [4.69, 9.17) is 16.3 Å². The molecule has 0 bridgehead atoms. The number of carbonyl (C=O) groups excluding carboxylic acids is 1. The second kappa shape index (κ2) is 8.34. The van der Waals surface area contributed by atoms with E-state index >= 15 is 0 Å². The van der Waals surface area contributed by atoms with Crippen LogP contribution in [0.5, 0.6) is 0 Å². The molecule has 0 atom stereocenters. The Morgan fingerprint density at radius 2 is 1.70 bits per heavy atom. The predicted octanol–water partition coefficient (Wildman–Crippen LogP) is 5.08. The van der Waals surface area contributed by atoms with Crippen molar-refractivity contribution in [1.82, 2.24) is 3.97 Å². The van der Waals surface area contributed by atoms with Gasteiger partial charge in [-0.1, -0.05) is 54.6 Å². The van der Waals surface area contributed by atoms with Gasteiger partial charge in [0.2, 0.25) is 0 Å². The number of fused-ring (bicyclic) bond motifs is 1. The first-order valence-corrected chi connectivity index (χ1v) is 11.1. The SMILES string of the molecule is O=C(Cl)c1cc2c(n1S(=O)(=O)c1ccccc1)C=CCC(OCc1ccccc1)=C2. The van der Waals surface area contributed by atoms with Crippen LogP contribution in [-0.2, 0) is 21.4 Å². The Morgan fingerprint density at radius 3 is 2.37 bits per heavy atom. The maximum atomic E-state index is 13.3. The molecule has 0 saturated carbocycles. The van der Waals surface area contributed by atoms with Gasteiger partial charge >= 0.3 is 0 Å². The minimum absolute atomic E-state index is 0.0738. The molecule has 7 heteroatoms. The molecule has 0 saturated heterocycles. The Balaban J connectivity index is 1.76. The summed E-state index contributed by atoms with van der Waals surface area (Å²) in [7, 11) is -4.01. The quantitative estimate of drug-likeness (QED) is 0.502. The van der Waals surface area contributed by atoms with Crippen molar-refractivity contribution in [2.75, 3.05) is 0 Å². The van der Waals surface area contributed by atoms with Crippen LogP contribution < -0.4 is 0 Å². The molecule has 152 valence electrons. The molecule has 0 aliphatic heterocycles. The molecule has 0 unspecified atom stereocenters. The fourth-order valence-corrected chi connectivity index (χ4v) is 4.99. The summed E-state index contributed by atoms with van der Waals surface area (Å²) in [6, 6.07) is 19.2. The summed E-state index contributed by atoms with van der Waals surface area (Å²) in [5, 5.41) is -0.851. The van der Waals surface area contributed by atoms with Crippen molar-refractivity contribution in [1.29, 1.82) is 0 Å². The van der Waals surface area contributed by atoms with Crippen LogP contribution in [0.25, 0.3) is 12.2 Å². The van der Waals surface area contributed by atoms with Gasteiger partial charge in [-0.15, -0.1) is 0 Å². The highest BCUT2D eigenvalue weighted by Crippen LogP contribution is 2.30. The van der Waals surface area contributed by atoms with Crippen molar-refractivity contribution < 1.29 is 17.9 Å². The largest absolute Gasteiger partial charge is 0.493 e. The van der Waals surface area contributed by atoms with Crippen molar-refractivity contribution in [3.63, 3.8) is 0 Å². The number of carbonyl (C=O) groups is 1. The number of benzene rings is 2. The fourth-order valence-electron chi connectivity index (χ4n) is 3.27. The van der Waals surface area contributed by atoms with Crippen molar-refractivity contribution in [3.05, 3.63) is 101 Å². The van der Waals surface area contributed by atoms with Crippen LogP contribution in [0.15, 0.2) is 83.5 Å². The van der Waals surface area contributed by atoms with E-state index in [2.05, 4.69) is 0 Å². The smallest absolute Gasteiger partial charge is 0.269 e. The third-order valence-corrected chi connectivity index (χ3v) is 6.62. The van der Waals surface area contributed by atoms with Crippen LogP contribution in [0, 0.1) is 0 Å². The van der Waals surface area contributed by atoms with E-state index in [-0.39, 0.29) is 10.6 Å². The molecule has 0 spiro atoms. The van der Waals surface area contributed by atoms with Crippen LogP contribution >= 0.6 is 11.6 Å². The topological polar surface area (TPSA) is 65.4 Å². The molecule has 0 N–H and O–H groups in total. The highest BCUT2D eigenvalue weighted by atomic mass is 35.5. The zero-order chi connectivity index (χ0) is 21.1. The van der Waals surface area contributed by atoms with Gasteiger partial charge < -0.3 is 4.74 Å². The number of aromatic nitrogens is 1. The van der Waals surface area contributed by atoms with E-state index in [1.165, 1.54) is 18.2 Å². The third kappa shape index (κ3) is 3.97. The van der Waals surface area contributed by atoms with Crippen molar-refractivity contribution in [3.8, 4) is 0 Å². The van der Waals surface area contributed by atoms with Gasteiger partial charge in [0, 0.05) is 12.0 Å². The van der Waals surface area contributed by atoms with Gasteiger partial charge in [-0.25, -0.2) is 12.4 Å². The van der Waals surface area contributed by atoms with E-state index < -0.39 is 15.3 Å². The highest BCUT2D eigenvalue weighted by molar-refractivity contribution is 7.90. The second-order valence-electron chi connectivity index (χ2n) is 6.72. The van der Waals surface area contributed by atoms with Gasteiger partial charge in [0.15, 0.2) is 0 Å². The van der Waals surface area contributed by atoms with Gasteiger partial charge in [-0.05, 0) is 47.5 Å². The van der Waals surface area contributed by atoms with E-state index in [9.17, 15) is 13.2 Å². The molecule has 1 heterocycles. The van der Waals surface area contributed by atoms with Gasteiger partial charge in [0.05, 0.1) is 10.6 Å². The van der Waals surface area contributed by atoms with Crippen molar-refractivity contribution in [2.45, 2.75) is 17.9 Å². The van der Waals surface area contributed by atoms with E-state index in [1.54, 1.807) is 30.4 Å². The van der Waals surface area contributed by atoms with Gasteiger partial charge in [0.1, 0.15) is 18.1 Å². The zero-order valence-electron chi connectivity index (χ0n) is 15.9. The summed E-state index contributed by atoms with van der Waals surface area (Å²) in [5.41, 5.74) is 1.82. The Kier molecular flexibility index (Phi) is 5.61. The zero-order valence-corrected chi connectivity index (χ0v) is 17.4. The average Bonchev–Trinajstić information content (AvgIpc) is 3.01. The number of hydrogen-bond donors (Lipinski definition) is 0. The van der Waals surface area contributed by atoms with Gasteiger partial charge in [0.25, 0.3) is 15.3 Å². The van der Waals surface area contributed by atoms with Crippen LogP contribution in [0.3, 0.4) is 0 Å². The lowest BCUT2D eigenvalue weighted by molar-refractivity contribution is 0.107. The lowest BCUT2D eigenvalue weighted by Gasteiger charge is -2.11. The fraction of sp³-hybridized carbons (Fsp3) is 0.0870. The normalized spacial score (nSPS) is 13.3. The van der Waals surface area contributed by atoms with E-state index in [0.29, 0.717) is 30.0 Å². The summed E-state index contributed by atoms with van der Waals surface area (Å²) in [4.78, 5) is 12.1. The first kappa shape index (κ1) is 20.2. The maximum Gasteiger partial charge on any atom is 0.269 e. The average molecular weight is 440 g/mol. The summed E-state index contributed by atoms with van der Waals surface area (Å²) in [6.07, 6.45) is 5.73. The molecule has 0 amide bonds. The standard InChI is InChI=1S/C23H18ClNO4S/c24-23(26)22-15-18-14-19(29-16-17-8-3-1-4-9-17)10-7-13-21(18)25(22)30(27,28)20-11-5-2-6-12-20/h1-9,11-15H,10,16H2. The van der Waals surface area contributed by atoms with Crippen LogP contribution in [0.4, 0.5) is 0 Å². The van der Waals surface area contributed by atoms with Crippen LogP contribution in [-0.4, -0.2) is 17.6 Å². The molecule has 0 radical (unpaired) electrons. The first-order chi connectivity index (χ1) is 14.5. The minimum Gasteiger partial charge on any atom is -0.493 e. The molecular formula is C23H18ClNO4S. The lowest BCUT2D eigenvalue weighted by atomic mass is 10.2. The number of allylic oxidation sites excluding steroid dienone is 1. The molecule has 2 aromatic carbocycles. The highest BCUT2D eigenvalue weighted by Gasteiger charge is 2.28. The number of halogens is 1. The van der Waals surface area contributed by atoms with E-state index in [1.807, 2.05) is 36.4 Å². The van der Waals surface area contributed by atoms with Crippen molar-refractivity contribution in [2.24, 2.45) is 0 Å². The molecule has 3 aromatic rings. The number of hydrogen-bond acceptors (Lipinski definition) is 4. The molecule has 5 nitrogen and oxygen atoms in total. The maximum absolute atomic E-state index is 13.3.